The molecule has 2 aromatic carbocycles. The van der Waals surface area contributed by atoms with Crippen LogP contribution in [0.25, 0.3) is 0 Å². The maximum Gasteiger partial charge on any atom is 0.128 e. The summed E-state index contributed by atoms with van der Waals surface area (Å²) >= 11 is 6.07. The van der Waals surface area contributed by atoms with Gasteiger partial charge in [-0.25, -0.2) is 8.78 Å². The Hall–Kier alpha value is -1.45. The Morgan fingerprint density at radius 2 is 1.90 bits per heavy atom. The standard InChI is InChI=1S/C17H18ClF2N/c1-3-21-17(14-8-11(2)4-7-16(14)20)9-12-5-6-13(19)10-15(12)18/h4-8,10,17,21H,3,9H2,1-2H3. The van der Waals surface area contributed by atoms with Crippen LogP contribution in [0.3, 0.4) is 0 Å². The summed E-state index contributed by atoms with van der Waals surface area (Å²) in [5, 5.41) is 3.63. The van der Waals surface area contributed by atoms with E-state index in [1.54, 1.807) is 12.1 Å². The van der Waals surface area contributed by atoms with Gasteiger partial charge in [-0.3, -0.25) is 0 Å². The van der Waals surface area contributed by atoms with Crippen LogP contribution >= 0.6 is 11.6 Å². The van der Waals surface area contributed by atoms with Gasteiger partial charge in [0, 0.05) is 16.6 Å². The van der Waals surface area contributed by atoms with Crippen LogP contribution in [0.5, 0.6) is 0 Å². The van der Waals surface area contributed by atoms with Gasteiger partial charge in [0.1, 0.15) is 11.6 Å². The zero-order valence-electron chi connectivity index (χ0n) is 12.1. The molecule has 1 nitrogen and oxygen atoms in total. The Balaban J connectivity index is 2.32. The molecule has 21 heavy (non-hydrogen) atoms. The summed E-state index contributed by atoms with van der Waals surface area (Å²) in [7, 11) is 0. The van der Waals surface area contributed by atoms with Crippen molar-refractivity contribution in [3.8, 4) is 0 Å². The van der Waals surface area contributed by atoms with Crippen LogP contribution in [0.15, 0.2) is 36.4 Å². The number of hydrogen-bond donors (Lipinski definition) is 1. The normalized spacial score (nSPS) is 12.4. The highest BCUT2D eigenvalue weighted by atomic mass is 35.5. The smallest absolute Gasteiger partial charge is 0.128 e. The predicted molar refractivity (Wildman–Crippen MR) is 82.7 cm³/mol. The van der Waals surface area contributed by atoms with E-state index < -0.39 is 0 Å². The summed E-state index contributed by atoms with van der Waals surface area (Å²) in [5.74, 6) is -0.615. The first-order valence-electron chi connectivity index (χ1n) is 6.94. The molecule has 4 heteroatoms. The van der Waals surface area contributed by atoms with Crippen molar-refractivity contribution in [3.63, 3.8) is 0 Å². The van der Waals surface area contributed by atoms with E-state index in [2.05, 4.69) is 5.32 Å². The molecule has 0 fully saturated rings. The predicted octanol–water partition coefficient (Wildman–Crippen LogP) is 4.82. The summed E-state index contributed by atoms with van der Waals surface area (Å²) in [6, 6.07) is 9.16. The summed E-state index contributed by atoms with van der Waals surface area (Å²) in [6.45, 7) is 4.60. The zero-order valence-corrected chi connectivity index (χ0v) is 12.8. The van der Waals surface area contributed by atoms with Gasteiger partial charge in [0.15, 0.2) is 0 Å². The molecule has 0 aliphatic carbocycles. The third-order valence-corrected chi connectivity index (χ3v) is 3.77. The third kappa shape index (κ3) is 4.02. The lowest BCUT2D eigenvalue weighted by Gasteiger charge is -2.20. The number of hydrogen-bond acceptors (Lipinski definition) is 1. The summed E-state index contributed by atoms with van der Waals surface area (Å²) in [5.41, 5.74) is 2.40. The second-order valence-corrected chi connectivity index (χ2v) is 5.48. The maximum atomic E-state index is 14.1. The van der Waals surface area contributed by atoms with E-state index in [-0.39, 0.29) is 17.7 Å². The molecule has 2 aromatic rings. The number of rotatable bonds is 5. The molecule has 0 amide bonds. The fourth-order valence-corrected chi connectivity index (χ4v) is 2.62. The van der Waals surface area contributed by atoms with Gasteiger partial charge in [-0.1, -0.05) is 42.3 Å². The molecule has 0 bridgehead atoms. The highest BCUT2D eigenvalue weighted by Crippen LogP contribution is 2.26. The molecular formula is C17H18ClF2N. The SMILES string of the molecule is CCNC(Cc1ccc(F)cc1Cl)c1cc(C)ccc1F. The molecule has 2 rings (SSSR count). The van der Waals surface area contributed by atoms with E-state index in [0.717, 1.165) is 11.1 Å². The van der Waals surface area contributed by atoms with Crippen molar-refractivity contribution in [3.05, 3.63) is 69.7 Å². The quantitative estimate of drug-likeness (QED) is 0.835. The molecule has 0 aromatic heterocycles. The van der Waals surface area contributed by atoms with E-state index in [4.69, 9.17) is 11.6 Å². The van der Waals surface area contributed by atoms with Crippen molar-refractivity contribution < 1.29 is 8.78 Å². The van der Waals surface area contributed by atoms with Gasteiger partial charge in [-0.05, 0) is 43.7 Å². The van der Waals surface area contributed by atoms with E-state index >= 15 is 0 Å². The molecule has 0 saturated carbocycles. The van der Waals surface area contributed by atoms with Gasteiger partial charge < -0.3 is 5.32 Å². The van der Waals surface area contributed by atoms with Gasteiger partial charge in [-0.2, -0.15) is 0 Å². The number of likely N-dealkylation sites (N-methyl/N-ethyl adjacent to an activating group) is 1. The third-order valence-electron chi connectivity index (χ3n) is 3.42. The molecule has 1 unspecified atom stereocenters. The average molecular weight is 310 g/mol. The number of aryl methyl sites for hydroxylation is 1. The fraction of sp³-hybridized carbons (Fsp3) is 0.294. The van der Waals surface area contributed by atoms with E-state index in [1.807, 2.05) is 19.9 Å². The van der Waals surface area contributed by atoms with Crippen molar-refractivity contribution >= 4 is 11.6 Å². The topological polar surface area (TPSA) is 12.0 Å². The minimum Gasteiger partial charge on any atom is -0.310 e. The lowest BCUT2D eigenvalue weighted by molar-refractivity contribution is 0.509. The average Bonchev–Trinajstić information content (AvgIpc) is 2.44. The van der Waals surface area contributed by atoms with Gasteiger partial charge in [0.05, 0.1) is 0 Å². The molecule has 0 aliphatic rings. The van der Waals surface area contributed by atoms with Crippen molar-refractivity contribution in [2.75, 3.05) is 6.54 Å². The van der Waals surface area contributed by atoms with Crippen LogP contribution in [0.2, 0.25) is 5.02 Å². The molecule has 1 atom stereocenters. The molecule has 0 radical (unpaired) electrons. The largest absolute Gasteiger partial charge is 0.310 e. The highest BCUT2D eigenvalue weighted by Gasteiger charge is 2.17. The first kappa shape index (κ1) is 15.9. The summed E-state index contributed by atoms with van der Waals surface area (Å²) in [4.78, 5) is 0. The van der Waals surface area contributed by atoms with Crippen LogP contribution in [0, 0.1) is 18.6 Å². The minimum absolute atomic E-state index is 0.196. The zero-order chi connectivity index (χ0) is 15.4. The monoisotopic (exact) mass is 309 g/mol. The van der Waals surface area contributed by atoms with Crippen LogP contribution in [-0.4, -0.2) is 6.54 Å². The van der Waals surface area contributed by atoms with Crippen LogP contribution in [0.4, 0.5) is 8.78 Å². The molecule has 1 N–H and O–H groups in total. The number of benzene rings is 2. The second-order valence-electron chi connectivity index (χ2n) is 5.08. The lowest BCUT2D eigenvalue weighted by atomic mass is 9.97. The summed E-state index contributed by atoms with van der Waals surface area (Å²) < 4.78 is 27.2. The van der Waals surface area contributed by atoms with E-state index in [0.29, 0.717) is 23.6 Å². The van der Waals surface area contributed by atoms with Crippen molar-refractivity contribution in [1.29, 1.82) is 0 Å². The Morgan fingerprint density at radius 1 is 1.14 bits per heavy atom. The molecule has 0 spiro atoms. The molecule has 0 saturated heterocycles. The van der Waals surface area contributed by atoms with Gasteiger partial charge in [-0.15, -0.1) is 0 Å². The van der Waals surface area contributed by atoms with Crippen LogP contribution < -0.4 is 5.32 Å². The Kier molecular flexibility index (Phi) is 5.32. The summed E-state index contributed by atoms with van der Waals surface area (Å²) in [6.07, 6.45) is 0.507. The fourth-order valence-electron chi connectivity index (χ4n) is 2.38. The maximum absolute atomic E-state index is 14.1. The number of halogens is 3. The first-order chi connectivity index (χ1) is 10.0. The van der Waals surface area contributed by atoms with E-state index in [9.17, 15) is 8.78 Å². The Morgan fingerprint density at radius 3 is 2.57 bits per heavy atom. The number of nitrogens with one attached hydrogen (secondary N) is 1. The van der Waals surface area contributed by atoms with Gasteiger partial charge in [0.2, 0.25) is 0 Å². The molecule has 0 aliphatic heterocycles. The highest BCUT2D eigenvalue weighted by molar-refractivity contribution is 6.31. The first-order valence-corrected chi connectivity index (χ1v) is 7.32. The van der Waals surface area contributed by atoms with Crippen LogP contribution in [0.1, 0.15) is 29.7 Å². The lowest BCUT2D eigenvalue weighted by Crippen LogP contribution is -2.24. The van der Waals surface area contributed by atoms with Gasteiger partial charge in [0.25, 0.3) is 0 Å². The Bertz CT molecular complexity index is 628. The van der Waals surface area contributed by atoms with Gasteiger partial charge >= 0.3 is 0 Å². The minimum atomic E-state index is -0.370. The van der Waals surface area contributed by atoms with Crippen molar-refractivity contribution in [2.24, 2.45) is 0 Å². The Labute approximate surface area is 128 Å². The second kappa shape index (κ2) is 7.01. The molecule has 112 valence electrons. The van der Waals surface area contributed by atoms with Crippen molar-refractivity contribution in [1.82, 2.24) is 5.32 Å². The molecule has 0 heterocycles. The van der Waals surface area contributed by atoms with Crippen molar-refractivity contribution in [2.45, 2.75) is 26.3 Å². The molecular weight excluding hydrogens is 292 g/mol. The van der Waals surface area contributed by atoms with E-state index in [1.165, 1.54) is 18.2 Å². The van der Waals surface area contributed by atoms with Crippen LogP contribution in [-0.2, 0) is 6.42 Å².